The van der Waals surface area contributed by atoms with Crippen molar-refractivity contribution >= 4 is 11.8 Å². The number of unbranched alkanes of at least 4 members (excludes halogenated alkanes) is 6. The average molecular weight is 363 g/mol. The van der Waals surface area contributed by atoms with E-state index < -0.39 is 0 Å². The Morgan fingerprint density at radius 1 is 0.692 bits per heavy atom. The highest BCUT2D eigenvalue weighted by Gasteiger charge is 2.07. The van der Waals surface area contributed by atoms with Crippen LogP contribution in [0.1, 0.15) is 90.9 Å². The number of hydrogen-bond acceptors (Lipinski definition) is 3. The molecule has 0 aromatic carbocycles. The van der Waals surface area contributed by atoms with Crippen LogP contribution in [0.15, 0.2) is 36.5 Å². The van der Waals surface area contributed by atoms with Crippen molar-refractivity contribution in [3.63, 3.8) is 0 Å². The molecule has 0 N–H and O–H groups in total. The molecule has 0 saturated heterocycles. The van der Waals surface area contributed by atoms with Crippen LogP contribution in [0, 0.1) is 0 Å². The zero-order valence-corrected chi connectivity index (χ0v) is 16.9. The van der Waals surface area contributed by atoms with Crippen LogP contribution in [0.3, 0.4) is 0 Å². The van der Waals surface area contributed by atoms with Gasteiger partial charge in [-0.15, -0.1) is 0 Å². The normalized spacial score (nSPS) is 11.8. The lowest BCUT2D eigenvalue weighted by Gasteiger charge is -2.04. The molecule has 0 saturated carbocycles. The summed E-state index contributed by atoms with van der Waals surface area (Å²) in [5.41, 5.74) is 0. The van der Waals surface area contributed by atoms with E-state index in [-0.39, 0.29) is 18.2 Å². The fourth-order valence-corrected chi connectivity index (χ4v) is 2.36. The third-order valence-electron chi connectivity index (χ3n) is 4.03. The van der Waals surface area contributed by atoms with Gasteiger partial charge in [0.1, 0.15) is 5.78 Å². The third kappa shape index (κ3) is 18.7. The maximum absolute atomic E-state index is 11.8. The quantitative estimate of drug-likeness (QED) is 0.169. The molecule has 0 heterocycles. The monoisotopic (exact) mass is 362 g/mol. The minimum atomic E-state index is -0.243. The van der Waals surface area contributed by atoms with Crippen molar-refractivity contribution in [2.75, 3.05) is 6.61 Å². The van der Waals surface area contributed by atoms with E-state index in [2.05, 4.69) is 44.2 Å². The molecule has 0 aromatic rings. The first-order valence-electron chi connectivity index (χ1n) is 10.4. The second-order valence-electron chi connectivity index (χ2n) is 6.60. The minimum Gasteiger partial charge on any atom is -0.466 e. The zero-order valence-electron chi connectivity index (χ0n) is 16.9. The Balaban J connectivity index is 3.53. The SMILES string of the molecule is CCCCC=CC=CC=CCCCCC(=O)CCC(=O)OCCCCC. The number of hydrogen-bond donors (Lipinski definition) is 0. The number of ether oxygens (including phenoxy) is 1. The highest BCUT2D eigenvalue weighted by molar-refractivity contribution is 5.82. The van der Waals surface area contributed by atoms with Crippen LogP contribution >= 0.6 is 0 Å². The van der Waals surface area contributed by atoms with E-state index in [0.29, 0.717) is 19.4 Å². The zero-order chi connectivity index (χ0) is 19.3. The van der Waals surface area contributed by atoms with Gasteiger partial charge in [0.2, 0.25) is 0 Å². The van der Waals surface area contributed by atoms with Crippen LogP contribution in [0.4, 0.5) is 0 Å². The number of rotatable bonds is 17. The molecule has 0 aliphatic heterocycles. The summed E-state index contributed by atoms with van der Waals surface area (Å²) in [6.45, 7) is 4.79. The maximum Gasteiger partial charge on any atom is 0.306 e. The predicted octanol–water partition coefficient (Wildman–Crippen LogP) is 6.49. The number of allylic oxidation sites excluding steroid dienone is 6. The lowest BCUT2D eigenvalue weighted by molar-refractivity contribution is -0.145. The van der Waals surface area contributed by atoms with E-state index in [1.165, 1.54) is 12.8 Å². The van der Waals surface area contributed by atoms with Gasteiger partial charge in [0.25, 0.3) is 0 Å². The van der Waals surface area contributed by atoms with Crippen molar-refractivity contribution in [2.45, 2.75) is 90.9 Å². The van der Waals surface area contributed by atoms with E-state index in [1.807, 2.05) is 6.08 Å². The molecule has 0 bridgehead atoms. The summed E-state index contributed by atoms with van der Waals surface area (Å²) in [4.78, 5) is 23.3. The van der Waals surface area contributed by atoms with Crippen LogP contribution in [0.2, 0.25) is 0 Å². The Hall–Kier alpha value is -1.64. The van der Waals surface area contributed by atoms with Crippen molar-refractivity contribution < 1.29 is 14.3 Å². The van der Waals surface area contributed by atoms with Gasteiger partial charge in [0.05, 0.1) is 13.0 Å². The van der Waals surface area contributed by atoms with E-state index >= 15 is 0 Å². The largest absolute Gasteiger partial charge is 0.466 e. The van der Waals surface area contributed by atoms with Crippen LogP contribution in [0.25, 0.3) is 0 Å². The van der Waals surface area contributed by atoms with E-state index in [1.54, 1.807) is 0 Å². The molecular formula is C23H38O3. The van der Waals surface area contributed by atoms with Gasteiger partial charge >= 0.3 is 5.97 Å². The average Bonchev–Trinajstić information content (AvgIpc) is 2.64. The Bertz CT molecular complexity index is 433. The molecule has 0 aliphatic rings. The smallest absolute Gasteiger partial charge is 0.306 e. The summed E-state index contributed by atoms with van der Waals surface area (Å²) in [5.74, 6) is -0.0792. The molecule has 3 heteroatoms. The molecule has 0 fully saturated rings. The molecular weight excluding hydrogens is 324 g/mol. The highest BCUT2D eigenvalue weighted by Crippen LogP contribution is 2.06. The van der Waals surface area contributed by atoms with Crippen molar-refractivity contribution in [1.82, 2.24) is 0 Å². The first-order valence-corrected chi connectivity index (χ1v) is 10.4. The lowest BCUT2D eigenvalue weighted by Crippen LogP contribution is -2.08. The first-order chi connectivity index (χ1) is 12.7. The summed E-state index contributed by atoms with van der Waals surface area (Å²) in [6.07, 6.45) is 23.3. The van der Waals surface area contributed by atoms with E-state index in [9.17, 15) is 9.59 Å². The number of carbonyl (C=O) groups is 2. The van der Waals surface area contributed by atoms with Gasteiger partial charge in [0, 0.05) is 12.8 Å². The van der Waals surface area contributed by atoms with Gasteiger partial charge in [-0.2, -0.15) is 0 Å². The highest BCUT2D eigenvalue weighted by atomic mass is 16.5. The molecule has 0 aromatic heterocycles. The summed E-state index contributed by atoms with van der Waals surface area (Å²) in [7, 11) is 0. The molecule has 0 amide bonds. The molecule has 148 valence electrons. The van der Waals surface area contributed by atoms with Crippen LogP contribution in [0.5, 0.6) is 0 Å². The second kappa shape index (κ2) is 19.7. The molecule has 3 nitrogen and oxygen atoms in total. The van der Waals surface area contributed by atoms with E-state index in [0.717, 1.165) is 44.9 Å². The summed E-state index contributed by atoms with van der Waals surface area (Å²) >= 11 is 0. The number of Topliss-reactive ketones (excluding diaryl/α,β-unsaturated/α-hetero) is 1. The third-order valence-corrected chi connectivity index (χ3v) is 4.03. The number of esters is 1. The minimum absolute atomic E-state index is 0.164. The maximum atomic E-state index is 11.8. The Morgan fingerprint density at radius 2 is 1.35 bits per heavy atom. The van der Waals surface area contributed by atoms with Crippen LogP contribution in [-0.4, -0.2) is 18.4 Å². The van der Waals surface area contributed by atoms with Gasteiger partial charge in [-0.05, 0) is 32.1 Å². The second-order valence-corrected chi connectivity index (χ2v) is 6.60. The molecule has 0 rings (SSSR count). The fraction of sp³-hybridized carbons (Fsp3) is 0.652. The van der Waals surface area contributed by atoms with Gasteiger partial charge in [-0.3, -0.25) is 9.59 Å². The fourth-order valence-electron chi connectivity index (χ4n) is 2.36. The molecule has 0 atom stereocenters. The Morgan fingerprint density at radius 3 is 2.00 bits per heavy atom. The van der Waals surface area contributed by atoms with E-state index in [4.69, 9.17) is 4.74 Å². The standard InChI is InChI=1S/C23H38O3/c1-3-5-7-8-9-10-11-12-13-14-15-16-18-22(24)19-20-23(25)26-21-17-6-4-2/h8-13H,3-7,14-21H2,1-2H3. The summed E-state index contributed by atoms with van der Waals surface area (Å²) in [5, 5.41) is 0. The van der Waals surface area contributed by atoms with Crippen LogP contribution in [-0.2, 0) is 14.3 Å². The number of carbonyl (C=O) groups excluding carboxylic acids is 2. The molecule has 0 aliphatic carbocycles. The molecule has 26 heavy (non-hydrogen) atoms. The lowest BCUT2D eigenvalue weighted by atomic mass is 10.1. The van der Waals surface area contributed by atoms with Crippen molar-refractivity contribution in [3.05, 3.63) is 36.5 Å². The first kappa shape index (κ1) is 24.4. The van der Waals surface area contributed by atoms with Gasteiger partial charge in [-0.1, -0.05) is 76.0 Å². The van der Waals surface area contributed by atoms with Crippen LogP contribution < -0.4 is 0 Å². The Labute approximate surface area is 160 Å². The molecule has 0 spiro atoms. The van der Waals surface area contributed by atoms with Crippen molar-refractivity contribution in [2.24, 2.45) is 0 Å². The van der Waals surface area contributed by atoms with Gasteiger partial charge < -0.3 is 4.74 Å². The molecule has 0 unspecified atom stereocenters. The Kier molecular flexibility index (Phi) is 18.4. The van der Waals surface area contributed by atoms with Crippen molar-refractivity contribution in [1.29, 1.82) is 0 Å². The van der Waals surface area contributed by atoms with Gasteiger partial charge in [0.15, 0.2) is 0 Å². The molecule has 0 radical (unpaired) electrons. The van der Waals surface area contributed by atoms with Gasteiger partial charge in [-0.25, -0.2) is 0 Å². The van der Waals surface area contributed by atoms with Crippen molar-refractivity contribution in [3.8, 4) is 0 Å². The summed E-state index contributed by atoms with van der Waals surface area (Å²) in [6, 6.07) is 0. The number of ketones is 1. The predicted molar refractivity (Wildman–Crippen MR) is 110 cm³/mol. The summed E-state index contributed by atoms with van der Waals surface area (Å²) < 4.78 is 5.10. The topological polar surface area (TPSA) is 43.4 Å².